The van der Waals surface area contributed by atoms with Crippen molar-refractivity contribution in [1.82, 2.24) is 9.80 Å². The van der Waals surface area contributed by atoms with Gasteiger partial charge in [-0.1, -0.05) is 12.1 Å². The topological polar surface area (TPSA) is 41.7 Å². The van der Waals surface area contributed by atoms with Gasteiger partial charge in [0, 0.05) is 18.6 Å². The van der Waals surface area contributed by atoms with E-state index < -0.39 is 0 Å². The number of likely N-dealkylation sites (tertiary alicyclic amines) is 1. The van der Waals surface area contributed by atoms with Crippen LogP contribution in [0, 0.1) is 6.92 Å². The Hall–Kier alpha value is -1.10. The molecule has 0 aliphatic carbocycles. The van der Waals surface area contributed by atoms with Crippen molar-refractivity contribution in [3.05, 3.63) is 29.3 Å². The number of ether oxygens (including phenoxy) is 1. The van der Waals surface area contributed by atoms with Crippen LogP contribution in [0.1, 0.15) is 30.0 Å². The van der Waals surface area contributed by atoms with Gasteiger partial charge >= 0.3 is 0 Å². The molecular formula is C17H29N3O. The van der Waals surface area contributed by atoms with Gasteiger partial charge in [0.2, 0.25) is 0 Å². The highest BCUT2D eigenvalue weighted by molar-refractivity contribution is 5.37. The average Bonchev–Trinajstić information content (AvgIpc) is 2.49. The first-order valence-electron chi connectivity index (χ1n) is 7.82. The van der Waals surface area contributed by atoms with Crippen LogP contribution in [0.5, 0.6) is 5.75 Å². The Labute approximate surface area is 128 Å². The van der Waals surface area contributed by atoms with E-state index in [0.29, 0.717) is 12.6 Å². The van der Waals surface area contributed by atoms with Gasteiger partial charge < -0.3 is 15.4 Å². The third-order valence-electron chi connectivity index (χ3n) is 4.78. The number of rotatable bonds is 5. The lowest BCUT2D eigenvalue weighted by molar-refractivity contribution is 0.109. The van der Waals surface area contributed by atoms with Crippen LogP contribution in [0.15, 0.2) is 18.2 Å². The molecule has 0 bridgehead atoms. The number of aryl methyl sites for hydroxylation is 1. The van der Waals surface area contributed by atoms with Gasteiger partial charge in [-0.15, -0.1) is 0 Å². The van der Waals surface area contributed by atoms with E-state index in [9.17, 15) is 0 Å². The molecule has 0 radical (unpaired) electrons. The van der Waals surface area contributed by atoms with Crippen LogP contribution < -0.4 is 10.5 Å². The minimum Gasteiger partial charge on any atom is -0.496 e. The Morgan fingerprint density at radius 3 is 2.57 bits per heavy atom. The monoisotopic (exact) mass is 291 g/mol. The molecule has 0 aromatic heterocycles. The molecule has 1 fully saturated rings. The van der Waals surface area contributed by atoms with E-state index >= 15 is 0 Å². The van der Waals surface area contributed by atoms with Crippen molar-refractivity contribution in [2.24, 2.45) is 5.73 Å². The van der Waals surface area contributed by atoms with Crippen molar-refractivity contribution in [3.63, 3.8) is 0 Å². The average molecular weight is 291 g/mol. The number of benzene rings is 1. The predicted octanol–water partition coefficient (Wildman–Crippen LogP) is 2.03. The van der Waals surface area contributed by atoms with E-state index in [0.717, 1.165) is 5.75 Å². The molecule has 1 saturated heterocycles. The quantitative estimate of drug-likeness (QED) is 0.901. The maximum atomic E-state index is 6.08. The molecule has 21 heavy (non-hydrogen) atoms. The van der Waals surface area contributed by atoms with Crippen LogP contribution >= 0.6 is 0 Å². The fourth-order valence-electron chi connectivity index (χ4n) is 3.30. The summed E-state index contributed by atoms with van der Waals surface area (Å²) in [6.07, 6.45) is 2.44. The number of hydrogen-bond acceptors (Lipinski definition) is 4. The second-order valence-corrected chi connectivity index (χ2v) is 6.18. The summed E-state index contributed by atoms with van der Waals surface area (Å²) in [6, 6.07) is 7.31. The van der Waals surface area contributed by atoms with Gasteiger partial charge in [0.05, 0.1) is 7.11 Å². The molecule has 1 aliphatic heterocycles. The van der Waals surface area contributed by atoms with E-state index in [1.54, 1.807) is 7.11 Å². The number of nitrogens with zero attached hydrogens (tertiary/aromatic N) is 2. The first-order chi connectivity index (χ1) is 10.1. The third kappa shape index (κ3) is 3.76. The maximum absolute atomic E-state index is 6.08. The number of hydrogen-bond donors (Lipinski definition) is 1. The lowest BCUT2D eigenvalue weighted by atomic mass is 9.97. The van der Waals surface area contributed by atoms with E-state index in [1.807, 2.05) is 0 Å². The van der Waals surface area contributed by atoms with Crippen LogP contribution in [0.2, 0.25) is 0 Å². The van der Waals surface area contributed by atoms with Gasteiger partial charge in [-0.05, 0) is 64.1 Å². The smallest absolute Gasteiger partial charge is 0.121 e. The zero-order chi connectivity index (χ0) is 15.4. The summed E-state index contributed by atoms with van der Waals surface area (Å²) >= 11 is 0. The standard InChI is InChI=1S/C17H29N3O/c1-13-11-14(5-6-17(13)21-4)16(12-18)20(3)15-7-9-19(2)10-8-15/h5-6,11,15-16H,7-10,12,18H2,1-4H3. The van der Waals surface area contributed by atoms with Crippen LogP contribution in [0.25, 0.3) is 0 Å². The van der Waals surface area contributed by atoms with E-state index in [4.69, 9.17) is 10.5 Å². The first kappa shape index (κ1) is 16.3. The summed E-state index contributed by atoms with van der Waals surface area (Å²) in [7, 11) is 6.13. The molecule has 2 N–H and O–H groups in total. The third-order valence-corrected chi connectivity index (χ3v) is 4.78. The van der Waals surface area contributed by atoms with E-state index in [-0.39, 0.29) is 6.04 Å². The molecule has 0 spiro atoms. The molecule has 4 heteroatoms. The van der Waals surface area contributed by atoms with Crippen molar-refractivity contribution in [3.8, 4) is 5.75 Å². The minimum absolute atomic E-state index is 0.281. The number of piperidine rings is 1. The predicted molar refractivity (Wildman–Crippen MR) is 87.8 cm³/mol. The molecule has 1 aromatic rings. The highest BCUT2D eigenvalue weighted by atomic mass is 16.5. The molecule has 1 atom stereocenters. The van der Waals surface area contributed by atoms with Crippen LogP contribution in [0.3, 0.4) is 0 Å². The lowest BCUT2D eigenvalue weighted by Crippen LogP contribution is -2.45. The first-order valence-corrected chi connectivity index (χ1v) is 7.82. The Kier molecular flexibility index (Phi) is 5.62. The molecule has 118 valence electrons. The fraction of sp³-hybridized carbons (Fsp3) is 0.647. The molecule has 1 aliphatic rings. The van der Waals surface area contributed by atoms with Gasteiger partial charge in [-0.2, -0.15) is 0 Å². The Bertz CT molecular complexity index is 455. The van der Waals surface area contributed by atoms with Crippen molar-refractivity contribution < 1.29 is 4.74 Å². The molecule has 2 rings (SSSR count). The van der Waals surface area contributed by atoms with Gasteiger partial charge in [-0.3, -0.25) is 4.90 Å². The zero-order valence-corrected chi connectivity index (χ0v) is 13.8. The summed E-state index contributed by atoms with van der Waals surface area (Å²) in [6.45, 7) is 5.09. The zero-order valence-electron chi connectivity index (χ0n) is 13.8. The summed E-state index contributed by atoms with van der Waals surface area (Å²) < 4.78 is 5.35. The van der Waals surface area contributed by atoms with Crippen molar-refractivity contribution in [1.29, 1.82) is 0 Å². The van der Waals surface area contributed by atoms with Crippen LogP contribution in [-0.2, 0) is 0 Å². The minimum atomic E-state index is 0.281. The van der Waals surface area contributed by atoms with Crippen LogP contribution in [-0.4, -0.2) is 56.7 Å². The van der Waals surface area contributed by atoms with Gasteiger partial charge in [0.25, 0.3) is 0 Å². The second-order valence-electron chi connectivity index (χ2n) is 6.18. The van der Waals surface area contributed by atoms with Crippen molar-refractivity contribution in [2.45, 2.75) is 31.8 Å². The Balaban J connectivity index is 2.13. The normalized spacial score (nSPS) is 19.0. The highest BCUT2D eigenvalue weighted by Gasteiger charge is 2.26. The molecule has 4 nitrogen and oxygen atoms in total. The molecule has 1 heterocycles. The van der Waals surface area contributed by atoms with Crippen molar-refractivity contribution in [2.75, 3.05) is 40.8 Å². The Morgan fingerprint density at radius 2 is 2.05 bits per heavy atom. The van der Waals surface area contributed by atoms with Gasteiger partial charge in [0.1, 0.15) is 5.75 Å². The number of methoxy groups -OCH3 is 1. The van der Waals surface area contributed by atoms with Gasteiger partial charge in [-0.25, -0.2) is 0 Å². The molecule has 1 aromatic carbocycles. The maximum Gasteiger partial charge on any atom is 0.121 e. The summed E-state index contributed by atoms with van der Waals surface area (Å²) in [5, 5.41) is 0. The second kappa shape index (κ2) is 7.25. The van der Waals surface area contributed by atoms with E-state index in [1.165, 1.54) is 37.1 Å². The summed E-state index contributed by atoms with van der Waals surface area (Å²) in [5.74, 6) is 0.941. The number of likely N-dealkylation sites (N-methyl/N-ethyl adjacent to an activating group) is 1. The lowest BCUT2D eigenvalue weighted by Gasteiger charge is -2.39. The summed E-state index contributed by atoms with van der Waals surface area (Å²) in [4.78, 5) is 4.87. The van der Waals surface area contributed by atoms with E-state index in [2.05, 4.69) is 49.0 Å². The summed E-state index contributed by atoms with van der Waals surface area (Å²) in [5.41, 5.74) is 8.54. The molecule has 0 amide bonds. The Morgan fingerprint density at radius 1 is 1.38 bits per heavy atom. The molecule has 1 unspecified atom stereocenters. The van der Waals surface area contributed by atoms with Crippen LogP contribution in [0.4, 0.5) is 0 Å². The highest BCUT2D eigenvalue weighted by Crippen LogP contribution is 2.28. The number of nitrogens with two attached hydrogens (primary N) is 1. The van der Waals surface area contributed by atoms with Gasteiger partial charge in [0.15, 0.2) is 0 Å². The van der Waals surface area contributed by atoms with Crippen molar-refractivity contribution >= 4 is 0 Å². The molecule has 0 saturated carbocycles. The largest absolute Gasteiger partial charge is 0.496 e. The SMILES string of the molecule is COc1ccc(C(CN)N(C)C2CCN(C)CC2)cc1C. The molecular weight excluding hydrogens is 262 g/mol. The fourth-order valence-corrected chi connectivity index (χ4v) is 3.30.